The van der Waals surface area contributed by atoms with Crippen LogP contribution in [0.25, 0.3) is 10.8 Å². The monoisotopic (exact) mass is 367 g/mol. The largest absolute Gasteiger partial charge is 0.508 e. The maximum atomic E-state index is 12.5. The minimum atomic E-state index is -0.454. The van der Waals surface area contributed by atoms with Gasteiger partial charge in [-0.3, -0.25) is 4.79 Å². The van der Waals surface area contributed by atoms with Crippen molar-refractivity contribution in [3.05, 3.63) is 76.8 Å². The minimum absolute atomic E-state index is 0.0488. The molecule has 0 saturated heterocycles. The van der Waals surface area contributed by atoms with E-state index >= 15 is 0 Å². The molecule has 4 heteroatoms. The van der Waals surface area contributed by atoms with Crippen molar-refractivity contribution in [2.75, 3.05) is 0 Å². The summed E-state index contributed by atoms with van der Waals surface area (Å²) < 4.78 is 0. The SMILES string of the molecule is CC(C)CC(=O)N[C@H](c1ccc(Cl)cc1)c1c(O)ccc2ccccc12. The first-order valence-electron chi connectivity index (χ1n) is 8.71. The number of carbonyl (C=O) groups excluding carboxylic acids is 1. The van der Waals surface area contributed by atoms with Crippen LogP contribution < -0.4 is 5.32 Å². The molecular weight excluding hydrogens is 346 g/mol. The summed E-state index contributed by atoms with van der Waals surface area (Å²) in [6.45, 7) is 4.01. The summed E-state index contributed by atoms with van der Waals surface area (Å²) in [5, 5.41) is 16.3. The average molecular weight is 368 g/mol. The molecule has 1 atom stereocenters. The zero-order valence-corrected chi connectivity index (χ0v) is 15.6. The standard InChI is InChI=1S/C22H22ClNO2/c1-14(2)13-20(26)24-22(16-7-10-17(23)11-8-16)21-18-6-4-3-5-15(18)9-12-19(21)25/h3-12,14,22,25H,13H2,1-2H3,(H,24,26)/t22-/m1/s1. The van der Waals surface area contributed by atoms with Crippen LogP contribution in [0.2, 0.25) is 5.02 Å². The molecule has 3 rings (SSSR count). The molecule has 0 aromatic heterocycles. The number of nitrogens with one attached hydrogen (secondary N) is 1. The van der Waals surface area contributed by atoms with Crippen LogP contribution >= 0.6 is 11.6 Å². The fourth-order valence-electron chi connectivity index (χ4n) is 3.16. The van der Waals surface area contributed by atoms with Gasteiger partial charge in [0.25, 0.3) is 0 Å². The third kappa shape index (κ3) is 4.00. The van der Waals surface area contributed by atoms with Crippen molar-refractivity contribution < 1.29 is 9.90 Å². The molecule has 0 aliphatic carbocycles. The molecule has 0 aliphatic heterocycles. The predicted octanol–water partition coefficient (Wildman–Crippen LogP) is 5.45. The van der Waals surface area contributed by atoms with E-state index in [1.165, 1.54) is 0 Å². The Kier molecular flexibility index (Phi) is 5.48. The zero-order valence-electron chi connectivity index (χ0n) is 14.9. The van der Waals surface area contributed by atoms with Crippen molar-refractivity contribution in [2.24, 2.45) is 5.92 Å². The Balaban J connectivity index is 2.13. The molecule has 0 fully saturated rings. The highest BCUT2D eigenvalue weighted by molar-refractivity contribution is 6.30. The van der Waals surface area contributed by atoms with Crippen LogP contribution in [0.1, 0.15) is 37.4 Å². The molecule has 26 heavy (non-hydrogen) atoms. The highest BCUT2D eigenvalue weighted by Crippen LogP contribution is 2.36. The first-order valence-corrected chi connectivity index (χ1v) is 9.09. The van der Waals surface area contributed by atoms with Crippen LogP contribution in [0.4, 0.5) is 0 Å². The van der Waals surface area contributed by atoms with Gasteiger partial charge in [-0.05, 0) is 40.5 Å². The molecule has 0 bridgehead atoms. The van der Waals surface area contributed by atoms with Crippen molar-refractivity contribution in [3.63, 3.8) is 0 Å². The highest BCUT2D eigenvalue weighted by atomic mass is 35.5. The van der Waals surface area contributed by atoms with E-state index in [9.17, 15) is 9.90 Å². The van der Waals surface area contributed by atoms with Crippen LogP contribution in [-0.4, -0.2) is 11.0 Å². The Morgan fingerprint density at radius 1 is 1.04 bits per heavy atom. The van der Waals surface area contributed by atoms with E-state index in [-0.39, 0.29) is 17.6 Å². The Bertz CT molecular complexity index is 919. The molecule has 0 unspecified atom stereocenters. The number of aromatic hydroxyl groups is 1. The van der Waals surface area contributed by atoms with Gasteiger partial charge in [-0.1, -0.05) is 67.9 Å². The number of fused-ring (bicyclic) bond motifs is 1. The van der Waals surface area contributed by atoms with Crippen molar-refractivity contribution in [3.8, 4) is 5.75 Å². The fourth-order valence-corrected chi connectivity index (χ4v) is 3.28. The summed E-state index contributed by atoms with van der Waals surface area (Å²) >= 11 is 6.03. The molecule has 3 nitrogen and oxygen atoms in total. The van der Waals surface area contributed by atoms with Gasteiger partial charge in [0.15, 0.2) is 0 Å². The van der Waals surface area contributed by atoms with E-state index < -0.39 is 6.04 Å². The van der Waals surface area contributed by atoms with Gasteiger partial charge >= 0.3 is 0 Å². The van der Waals surface area contributed by atoms with E-state index in [0.29, 0.717) is 17.0 Å². The van der Waals surface area contributed by atoms with Gasteiger partial charge in [0, 0.05) is 17.0 Å². The Morgan fingerprint density at radius 2 is 1.73 bits per heavy atom. The molecular formula is C22H22ClNO2. The number of halogens is 1. The lowest BCUT2D eigenvalue weighted by atomic mass is 9.92. The minimum Gasteiger partial charge on any atom is -0.508 e. The summed E-state index contributed by atoms with van der Waals surface area (Å²) in [7, 11) is 0. The normalized spacial score (nSPS) is 12.3. The number of phenolic OH excluding ortho intramolecular Hbond substituents is 1. The van der Waals surface area contributed by atoms with Gasteiger partial charge in [-0.15, -0.1) is 0 Å². The number of hydrogen-bond donors (Lipinski definition) is 2. The molecule has 0 saturated carbocycles. The Labute approximate surface area is 158 Å². The second-order valence-electron chi connectivity index (χ2n) is 6.87. The predicted molar refractivity (Wildman–Crippen MR) is 107 cm³/mol. The van der Waals surface area contributed by atoms with Gasteiger partial charge in [-0.2, -0.15) is 0 Å². The van der Waals surface area contributed by atoms with Crippen molar-refractivity contribution in [2.45, 2.75) is 26.3 Å². The molecule has 1 amide bonds. The average Bonchev–Trinajstić information content (AvgIpc) is 2.60. The number of amides is 1. The topological polar surface area (TPSA) is 49.3 Å². The molecule has 2 N–H and O–H groups in total. The number of rotatable bonds is 5. The summed E-state index contributed by atoms with van der Waals surface area (Å²) in [6, 6.07) is 18.3. The van der Waals surface area contributed by atoms with Crippen LogP contribution in [0.15, 0.2) is 60.7 Å². The summed E-state index contributed by atoms with van der Waals surface area (Å²) in [4.78, 5) is 12.5. The van der Waals surface area contributed by atoms with Crippen LogP contribution in [-0.2, 0) is 4.79 Å². The summed E-state index contributed by atoms with van der Waals surface area (Å²) in [5.41, 5.74) is 1.57. The van der Waals surface area contributed by atoms with Crippen LogP contribution in [0, 0.1) is 5.92 Å². The number of hydrogen-bond acceptors (Lipinski definition) is 2. The zero-order chi connectivity index (χ0) is 18.7. The van der Waals surface area contributed by atoms with Crippen molar-refractivity contribution >= 4 is 28.3 Å². The first-order chi connectivity index (χ1) is 12.5. The van der Waals surface area contributed by atoms with Gasteiger partial charge < -0.3 is 10.4 Å². The summed E-state index contributed by atoms with van der Waals surface area (Å²) in [5.74, 6) is 0.364. The lowest BCUT2D eigenvalue weighted by Gasteiger charge is -2.23. The van der Waals surface area contributed by atoms with E-state index in [0.717, 1.165) is 16.3 Å². The van der Waals surface area contributed by atoms with E-state index in [2.05, 4.69) is 5.32 Å². The third-order valence-corrected chi connectivity index (χ3v) is 4.59. The molecule has 0 spiro atoms. The number of benzene rings is 3. The molecule has 0 radical (unpaired) electrons. The number of carbonyl (C=O) groups is 1. The van der Waals surface area contributed by atoms with Crippen LogP contribution in [0.3, 0.4) is 0 Å². The molecule has 0 aliphatic rings. The third-order valence-electron chi connectivity index (χ3n) is 4.34. The maximum absolute atomic E-state index is 12.5. The molecule has 3 aromatic rings. The van der Waals surface area contributed by atoms with Crippen molar-refractivity contribution in [1.29, 1.82) is 0 Å². The highest BCUT2D eigenvalue weighted by Gasteiger charge is 2.22. The van der Waals surface area contributed by atoms with Crippen LogP contribution in [0.5, 0.6) is 5.75 Å². The quantitative estimate of drug-likeness (QED) is 0.629. The van der Waals surface area contributed by atoms with Gasteiger partial charge in [0.1, 0.15) is 5.75 Å². The number of phenols is 1. The fraction of sp³-hybridized carbons (Fsp3) is 0.227. The lowest BCUT2D eigenvalue weighted by molar-refractivity contribution is -0.122. The molecule has 0 heterocycles. The lowest BCUT2D eigenvalue weighted by Crippen LogP contribution is -2.30. The van der Waals surface area contributed by atoms with Gasteiger partial charge in [0.2, 0.25) is 5.91 Å². The smallest absolute Gasteiger partial charge is 0.221 e. The van der Waals surface area contributed by atoms with Crippen molar-refractivity contribution in [1.82, 2.24) is 5.32 Å². The first kappa shape index (κ1) is 18.3. The Hall–Kier alpha value is -2.52. The molecule has 134 valence electrons. The molecule has 3 aromatic carbocycles. The second-order valence-corrected chi connectivity index (χ2v) is 7.31. The second kappa shape index (κ2) is 7.79. The van der Waals surface area contributed by atoms with E-state index in [1.807, 2.05) is 56.3 Å². The maximum Gasteiger partial charge on any atom is 0.221 e. The summed E-state index contributed by atoms with van der Waals surface area (Å²) in [6.07, 6.45) is 0.426. The Morgan fingerprint density at radius 3 is 2.42 bits per heavy atom. The van der Waals surface area contributed by atoms with Gasteiger partial charge in [-0.25, -0.2) is 0 Å². The van der Waals surface area contributed by atoms with E-state index in [4.69, 9.17) is 11.6 Å². The van der Waals surface area contributed by atoms with E-state index in [1.54, 1.807) is 18.2 Å². The van der Waals surface area contributed by atoms with Gasteiger partial charge in [0.05, 0.1) is 6.04 Å².